The Balaban J connectivity index is 1.70. The van der Waals surface area contributed by atoms with Gasteiger partial charge in [-0.25, -0.2) is 0 Å². The van der Waals surface area contributed by atoms with Gasteiger partial charge in [-0.15, -0.1) is 0 Å². The number of carbonyl (C=O) groups excluding carboxylic acids is 1. The summed E-state index contributed by atoms with van der Waals surface area (Å²) in [5, 5.41) is 0. The highest BCUT2D eigenvalue weighted by Crippen LogP contribution is 2.29. The number of carbonyl (C=O) groups is 1. The van der Waals surface area contributed by atoms with Gasteiger partial charge in [0, 0.05) is 25.1 Å². The fraction of sp³-hybridized carbons (Fsp3) is 0.348. The third kappa shape index (κ3) is 4.91. The zero-order valence-electron chi connectivity index (χ0n) is 16.1. The van der Waals surface area contributed by atoms with Crippen molar-refractivity contribution in [3.63, 3.8) is 0 Å². The lowest BCUT2D eigenvalue weighted by Crippen LogP contribution is -2.32. The summed E-state index contributed by atoms with van der Waals surface area (Å²) < 4.78 is 10.6. The van der Waals surface area contributed by atoms with Gasteiger partial charge >= 0.3 is 0 Å². The second kappa shape index (κ2) is 9.26. The van der Waals surface area contributed by atoms with Crippen LogP contribution in [0, 0.1) is 0 Å². The van der Waals surface area contributed by atoms with Crippen LogP contribution in [0.3, 0.4) is 0 Å². The Bertz CT molecular complexity index is 785. The third-order valence-electron chi connectivity index (χ3n) is 5.08. The highest BCUT2D eigenvalue weighted by molar-refractivity contribution is 5.92. The molecule has 142 valence electrons. The van der Waals surface area contributed by atoms with E-state index >= 15 is 0 Å². The first-order valence-electron chi connectivity index (χ1n) is 9.45. The van der Waals surface area contributed by atoms with Gasteiger partial charge in [-0.05, 0) is 42.2 Å². The highest BCUT2D eigenvalue weighted by Gasteiger charge is 2.21. The molecular formula is C23H27NO3. The van der Waals surface area contributed by atoms with Gasteiger partial charge in [0.25, 0.3) is 0 Å². The molecule has 1 atom stereocenters. The highest BCUT2D eigenvalue weighted by atomic mass is 16.5. The van der Waals surface area contributed by atoms with Gasteiger partial charge in [-0.3, -0.25) is 4.79 Å². The minimum Gasteiger partial charge on any atom is -0.493 e. The summed E-state index contributed by atoms with van der Waals surface area (Å²) in [6.07, 6.45) is 6.84. The smallest absolute Gasteiger partial charge is 0.246 e. The van der Waals surface area contributed by atoms with Crippen LogP contribution in [-0.4, -0.2) is 38.1 Å². The lowest BCUT2D eigenvalue weighted by atomic mass is 9.94. The Morgan fingerprint density at radius 2 is 1.81 bits per heavy atom. The number of hydrogen-bond acceptors (Lipinski definition) is 3. The van der Waals surface area contributed by atoms with Crippen LogP contribution in [0.25, 0.3) is 6.08 Å². The maximum atomic E-state index is 12.8. The van der Waals surface area contributed by atoms with E-state index in [2.05, 4.69) is 24.3 Å². The van der Waals surface area contributed by atoms with Gasteiger partial charge in [-0.1, -0.05) is 42.8 Å². The number of methoxy groups -OCH3 is 2. The van der Waals surface area contributed by atoms with Crippen molar-refractivity contribution in [2.75, 3.05) is 27.3 Å². The molecule has 1 unspecified atom stereocenters. The molecule has 0 bridgehead atoms. The van der Waals surface area contributed by atoms with E-state index in [0.29, 0.717) is 17.4 Å². The molecule has 1 heterocycles. The quantitative estimate of drug-likeness (QED) is 0.732. The molecule has 3 rings (SSSR count). The molecule has 0 radical (unpaired) electrons. The maximum absolute atomic E-state index is 12.8. The van der Waals surface area contributed by atoms with Gasteiger partial charge in [0.2, 0.25) is 5.91 Å². The van der Waals surface area contributed by atoms with Gasteiger partial charge < -0.3 is 14.4 Å². The zero-order chi connectivity index (χ0) is 19.1. The molecule has 1 aliphatic rings. The Morgan fingerprint density at radius 3 is 2.56 bits per heavy atom. The maximum Gasteiger partial charge on any atom is 0.246 e. The minimum atomic E-state index is 0.0626. The summed E-state index contributed by atoms with van der Waals surface area (Å²) in [5.74, 6) is 1.81. The van der Waals surface area contributed by atoms with E-state index in [9.17, 15) is 4.79 Å². The van der Waals surface area contributed by atoms with Crippen LogP contribution in [-0.2, 0) is 4.79 Å². The van der Waals surface area contributed by atoms with Crippen LogP contribution in [0.4, 0.5) is 0 Å². The average molecular weight is 365 g/mol. The predicted octanol–water partition coefficient (Wildman–Crippen LogP) is 4.51. The van der Waals surface area contributed by atoms with Crippen molar-refractivity contribution in [3.8, 4) is 11.5 Å². The van der Waals surface area contributed by atoms with E-state index in [1.54, 1.807) is 20.3 Å². The topological polar surface area (TPSA) is 38.8 Å². The van der Waals surface area contributed by atoms with Crippen molar-refractivity contribution in [1.82, 2.24) is 4.90 Å². The molecule has 0 aromatic heterocycles. The average Bonchev–Trinajstić information content (AvgIpc) is 2.99. The Hall–Kier alpha value is -2.75. The number of likely N-dealkylation sites (tertiary alicyclic amines) is 1. The van der Waals surface area contributed by atoms with Crippen molar-refractivity contribution >= 4 is 12.0 Å². The summed E-state index contributed by atoms with van der Waals surface area (Å²) >= 11 is 0. The molecule has 1 saturated heterocycles. The number of rotatable bonds is 5. The largest absolute Gasteiger partial charge is 0.493 e. The van der Waals surface area contributed by atoms with Gasteiger partial charge in [0.15, 0.2) is 11.5 Å². The number of hydrogen-bond donors (Lipinski definition) is 0. The molecule has 4 heteroatoms. The van der Waals surface area contributed by atoms with E-state index in [1.807, 2.05) is 35.2 Å². The third-order valence-corrected chi connectivity index (χ3v) is 5.08. The molecule has 2 aromatic carbocycles. The van der Waals surface area contributed by atoms with E-state index in [0.717, 1.165) is 37.9 Å². The van der Waals surface area contributed by atoms with Crippen molar-refractivity contribution in [2.24, 2.45) is 0 Å². The summed E-state index contributed by atoms with van der Waals surface area (Å²) in [5.41, 5.74) is 2.23. The molecule has 27 heavy (non-hydrogen) atoms. The standard InChI is InChI=1S/C23H27NO3/c1-26-21-13-11-18(16-22(21)27-2)12-14-23(25)24-15-7-6-10-20(17-24)19-8-4-3-5-9-19/h3-5,8-9,11-14,16,20H,6-7,10,15,17H2,1-2H3/b14-12+. The summed E-state index contributed by atoms with van der Waals surface area (Å²) in [6.45, 7) is 1.59. The monoisotopic (exact) mass is 365 g/mol. The first kappa shape index (κ1) is 19.0. The summed E-state index contributed by atoms with van der Waals surface area (Å²) in [7, 11) is 3.22. The molecule has 2 aromatic rings. The van der Waals surface area contributed by atoms with Crippen LogP contribution in [0.2, 0.25) is 0 Å². The number of ether oxygens (including phenoxy) is 2. The molecular weight excluding hydrogens is 338 g/mol. The van der Waals surface area contributed by atoms with Crippen LogP contribution < -0.4 is 9.47 Å². The first-order valence-corrected chi connectivity index (χ1v) is 9.45. The molecule has 0 spiro atoms. The normalized spacial score (nSPS) is 17.6. The molecule has 0 N–H and O–H groups in total. The SMILES string of the molecule is COc1ccc(/C=C/C(=O)N2CCCCC(c3ccccc3)C2)cc1OC. The molecule has 1 fully saturated rings. The van der Waals surface area contributed by atoms with Crippen LogP contribution >= 0.6 is 0 Å². The van der Waals surface area contributed by atoms with E-state index in [1.165, 1.54) is 5.56 Å². The second-order valence-corrected chi connectivity index (χ2v) is 6.84. The van der Waals surface area contributed by atoms with Crippen molar-refractivity contribution in [2.45, 2.75) is 25.2 Å². The first-order chi connectivity index (χ1) is 13.2. The number of nitrogens with zero attached hydrogens (tertiary/aromatic N) is 1. The lowest BCUT2D eigenvalue weighted by molar-refractivity contribution is -0.126. The van der Waals surface area contributed by atoms with E-state index < -0.39 is 0 Å². The number of benzene rings is 2. The zero-order valence-corrected chi connectivity index (χ0v) is 16.1. The molecule has 1 amide bonds. The molecule has 4 nitrogen and oxygen atoms in total. The fourth-order valence-corrected chi connectivity index (χ4v) is 3.57. The van der Waals surface area contributed by atoms with E-state index in [4.69, 9.17) is 9.47 Å². The second-order valence-electron chi connectivity index (χ2n) is 6.84. The summed E-state index contributed by atoms with van der Waals surface area (Å²) in [4.78, 5) is 14.7. The minimum absolute atomic E-state index is 0.0626. The van der Waals surface area contributed by atoms with Crippen LogP contribution in [0.1, 0.15) is 36.3 Å². The van der Waals surface area contributed by atoms with Gasteiger partial charge in [0.05, 0.1) is 14.2 Å². The van der Waals surface area contributed by atoms with Crippen LogP contribution in [0.15, 0.2) is 54.6 Å². The van der Waals surface area contributed by atoms with Crippen molar-refractivity contribution in [1.29, 1.82) is 0 Å². The Kier molecular flexibility index (Phi) is 6.53. The van der Waals surface area contributed by atoms with Crippen molar-refractivity contribution < 1.29 is 14.3 Å². The van der Waals surface area contributed by atoms with Gasteiger partial charge in [0.1, 0.15) is 0 Å². The summed E-state index contributed by atoms with van der Waals surface area (Å²) in [6, 6.07) is 16.1. The van der Waals surface area contributed by atoms with Gasteiger partial charge in [-0.2, -0.15) is 0 Å². The van der Waals surface area contributed by atoms with E-state index in [-0.39, 0.29) is 5.91 Å². The van der Waals surface area contributed by atoms with Crippen molar-refractivity contribution in [3.05, 3.63) is 65.7 Å². The predicted molar refractivity (Wildman–Crippen MR) is 108 cm³/mol. The Morgan fingerprint density at radius 1 is 1.04 bits per heavy atom. The molecule has 1 aliphatic heterocycles. The number of amides is 1. The molecule has 0 aliphatic carbocycles. The lowest BCUT2D eigenvalue weighted by Gasteiger charge is -2.23. The molecule has 0 saturated carbocycles. The Labute approximate surface area is 161 Å². The van der Waals surface area contributed by atoms with Crippen LogP contribution in [0.5, 0.6) is 11.5 Å². The fourth-order valence-electron chi connectivity index (χ4n) is 3.57.